The predicted octanol–water partition coefficient (Wildman–Crippen LogP) is 3.05. The van der Waals surface area contributed by atoms with Gasteiger partial charge in [0.05, 0.1) is 16.2 Å². The number of nitrogens with zero attached hydrogens (tertiary/aromatic N) is 1. The Hall–Kier alpha value is -0.785. The molecule has 1 saturated heterocycles. The molecule has 2 rings (SSSR count). The Balaban J connectivity index is 2.31. The van der Waals surface area contributed by atoms with E-state index in [1.807, 2.05) is 27.7 Å². The molecule has 1 fully saturated rings. The molecule has 3 nitrogen and oxygen atoms in total. The van der Waals surface area contributed by atoms with Gasteiger partial charge in [-0.1, -0.05) is 11.6 Å². The molecule has 1 aliphatic rings. The van der Waals surface area contributed by atoms with Gasteiger partial charge in [-0.3, -0.25) is 4.98 Å². The van der Waals surface area contributed by atoms with Crippen molar-refractivity contribution in [2.45, 2.75) is 45.1 Å². The monoisotopic (exact) mass is 307 g/mol. The first-order chi connectivity index (χ1) is 8.94. The molecular formula is C12H14BClF3NO2. The van der Waals surface area contributed by atoms with Gasteiger partial charge < -0.3 is 9.31 Å². The molecule has 0 aromatic carbocycles. The van der Waals surface area contributed by atoms with Gasteiger partial charge >= 0.3 is 13.3 Å². The third-order valence-corrected chi connectivity index (χ3v) is 3.94. The molecule has 0 unspecified atom stereocenters. The highest BCUT2D eigenvalue weighted by Gasteiger charge is 2.52. The Morgan fingerprint density at radius 3 is 2.05 bits per heavy atom. The molecule has 0 radical (unpaired) electrons. The van der Waals surface area contributed by atoms with Crippen molar-refractivity contribution < 1.29 is 22.5 Å². The lowest BCUT2D eigenvalue weighted by atomic mass is 9.80. The molecule has 0 spiro atoms. The number of halogens is 4. The molecule has 1 aromatic rings. The number of aromatic nitrogens is 1. The van der Waals surface area contributed by atoms with Crippen LogP contribution in [0, 0.1) is 0 Å². The second-order valence-electron chi connectivity index (χ2n) is 5.69. The van der Waals surface area contributed by atoms with Crippen molar-refractivity contribution in [2.75, 3.05) is 0 Å². The average molecular weight is 308 g/mol. The number of rotatable bonds is 1. The summed E-state index contributed by atoms with van der Waals surface area (Å²) in [5, 5.41) is -0.468. The maximum atomic E-state index is 12.6. The van der Waals surface area contributed by atoms with E-state index in [0.29, 0.717) is 5.46 Å². The van der Waals surface area contributed by atoms with E-state index in [-0.39, 0.29) is 0 Å². The average Bonchev–Trinajstić information content (AvgIpc) is 2.46. The van der Waals surface area contributed by atoms with Crippen molar-refractivity contribution in [3.05, 3.63) is 23.0 Å². The molecule has 1 aliphatic heterocycles. The smallest absolute Gasteiger partial charge is 0.399 e. The summed E-state index contributed by atoms with van der Waals surface area (Å²) in [5.74, 6) is 0. The van der Waals surface area contributed by atoms with E-state index in [2.05, 4.69) is 4.98 Å². The summed E-state index contributed by atoms with van der Waals surface area (Å²) in [5.41, 5.74) is -1.90. The number of alkyl halides is 3. The van der Waals surface area contributed by atoms with Crippen molar-refractivity contribution in [1.82, 2.24) is 4.98 Å². The number of hydrogen-bond acceptors (Lipinski definition) is 3. The molecule has 0 saturated carbocycles. The Bertz CT molecular complexity index is 518. The molecule has 110 valence electrons. The van der Waals surface area contributed by atoms with E-state index in [1.54, 1.807) is 0 Å². The summed E-state index contributed by atoms with van der Waals surface area (Å²) in [6.07, 6.45) is -3.50. The largest absolute Gasteiger partial charge is 0.496 e. The predicted molar refractivity (Wildman–Crippen MR) is 70.0 cm³/mol. The van der Waals surface area contributed by atoms with Crippen molar-refractivity contribution in [2.24, 2.45) is 0 Å². The summed E-state index contributed by atoms with van der Waals surface area (Å²) in [4.78, 5) is 3.37. The number of hydrogen-bond donors (Lipinski definition) is 0. The van der Waals surface area contributed by atoms with Crippen LogP contribution in [0.2, 0.25) is 5.02 Å². The maximum Gasteiger partial charge on any atom is 0.496 e. The van der Waals surface area contributed by atoms with Gasteiger partial charge in [-0.05, 0) is 33.8 Å². The van der Waals surface area contributed by atoms with Gasteiger partial charge in [0, 0.05) is 11.7 Å². The molecule has 2 heterocycles. The van der Waals surface area contributed by atoms with Crippen LogP contribution in [0.1, 0.15) is 33.4 Å². The van der Waals surface area contributed by atoms with E-state index in [0.717, 1.165) is 6.20 Å². The van der Waals surface area contributed by atoms with Gasteiger partial charge in [0.15, 0.2) is 5.69 Å². The van der Waals surface area contributed by atoms with Gasteiger partial charge in [0.2, 0.25) is 0 Å². The highest BCUT2D eigenvalue weighted by atomic mass is 35.5. The molecule has 1 aromatic heterocycles. The van der Waals surface area contributed by atoms with Crippen molar-refractivity contribution in [3.63, 3.8) is 0 Å². The quantitative estimate of drug-likeness (QED) is 0.747. The van der Waals surface area contributed by atoms with E-state index >= 15 is 0 Å². The third kappa shape index (κ3) is 2.66. The first-order valence-electron chi connectivity index (χ1n) is 6.02. The van der Waals surface area contributed by atoms with E-state index in [9.17, 15) is 13.2 Å². The summed E-state index contributed by atoms with van der Waals surface area (Å²) in [7, 11) is -0.785. The van der Waals surface area contributed by atoms with Crippen LogP contribution in [-0.2, 0) is 15.5 Å². The maximum absolute atomic E-state index is 12.6. The summed E-state index contributed by atoms with van der Waals surface area (Å²) in [6.45, 7) is 7.41. The van der Waals surface area contributed by atoms with Crippen LogP contribution in [0.5, 0.6) is 0 Å². The van der Waals surface area contributed by atoms with Crippen LogP contribution >= 0.6 is 11.6 Å². The summed E-state index contributed by atoms with van der Waals surface area (Å²) < 4.78 is 49.2. The Kier molecular flexibility index (Phi) is 3.60. The van der Waals surface area contributed by atoms with Gasteiger partial charge in [0.1, 0.15) is 0 Å². The van der Waals surface area contributed by atoms with Gasteiger partial charge in [-0.25, -0.2) is 0 Å². The lowest BCUT2D eigenvalue weighted by molar-refractivity contribution is -0.141. The fraction of sp³-hybridized carbons (Fsp3) is 0.583. The highest BCUT2D eigenvalue weighted by Crippen LogP contribution is 2.37. The minimum Gasteiger partial charge on any atom is -0.399 e. The zero-order chi connectivity index (χ0) is 15.3. The minimum atomic E-state index is -4.58. The van der Waals surface area contributed by atoms with Crippen LogP contribution < -0.4 is 5.46 Å². The molecule has 0 atom stereocenters. The summed E-state index contributed by atoms with van der Waals surface area (Å²) >= 11 is 5.64. The third-order valence-electron chi connectivity index (χ3n) is 3.66. The molecule has 0 amide bonds. The molecule has 20 heavy (non-hydrogen) atoms. The Morgan fingerprint density at radius 2 is 1.65 bits per heavy atom. The van der Waals surface area contributed by atoms with Gasteiger partial charge in [0.25, 0.3) is 0 Å². The van der Waals surface area contributed by atoms with Crippen molar-refractivity contribution in [3.8, 4) is 0 Å². The second-order valence-corrected chi connectivity index (χ2v) is 6.09. The van der Waals surface area contributed by atoms with Crippen LogP contribution in [0.4, 0.5) is 13.2 Å². The Morgan fingerprint density at radius 1 is 1.15 bits per heavy atom. The molecule has 0 bridgehead atoms. The first-order valence-corrected chi connectivity index (χ1v) is 6.40. The molecule has 0 aliphatic carbocycles. The molecular weight excluding hydrogens is 293 g/mol. The van der Waals surface area contributed by atoms with Crippen LogP contribution in [0.25, 0.3) is 0 Å². The molecule has 0 N–H and O–H groups in total. The van der Waals surface area contributed by atoms with Crippen molar-refractivity contribution in [1.29, 1.82) is 0 Å². The van der Waals surface area contributed by atoms with Crippen LogP contribution in [-0.4, -0.2) is 23.3 Å². The van der Waals surface area contributed by atoms with E-state index < -0.39 is 35.2 Å². The van der Waals surface area contributed by atoms with E-state index in [1.165, 1.54) is 6.07 Å². The van der Waals surface area contributed by atoms with Crippen LogP contribution in [0.15, 0.2) is 12.3 Å². The first kappa shape index (κ1) is 15.6. The second kappa shape index (κ2) is 4.61. The van der Waals surface area contributed by atoms with Gasteiger partial charge in [-0.15, -0.1) is 0 Å². The normalized spacial score (nSPS) is 21.3. The van der Waals surface area contributed by atoms with Gasteiger partial charge in [-0.2, -0.15) is 13.2 Å². The lowest BCUT2D eigenvalue weighted by Gasteiger charge is -2.32. The fourth-order valence-corrected chi connectivity index (χ4v) is 2.05. The standard InChI is InChI=1S/C12H14BClF3NO2/c1-10(2)11(3,4)20-13(19-10)7-5-8(14)9(18-6-7)12(15,16)17/h5-6H,1-4H3. The van der Waals surface area contributed by atoms with Crippen molar-refractivity contribution >= 4 is 24.2 Å². The zero-order valence-corrected chi connectivity index (χ0v) is 12.3. The summed E-state index contributed by atoms with van der Waals surface area (Å²) in [6, 6.07) is 1.18. The lowest BCUT2D eigenvalue weighted by Crippen LogP contribution is -2.41. The Labute approximate surface area is 120 Å². The van der Waals surface area contributed by atoms with E-state index in [4.69, 9.17) is 20.9 Å². The topological polar surface area (TPSA) is 31.4 Å². The molecule has 8 heteroatoms. The minimum absolute atomic E-state index is 0.363. The zero-order valence-electron chi connectivity index (χ0n) is 11.5. The highest BCUT2D eigenvalue weighted by molar-refractivity contribution is 6.62. The van der Waals surface area contributed by atoms with Crippen LogP contribution in [0.3, 0.4) is 0 Å². The SMILES string of the molecule is CC1(C)OB(c2cnc(C(F)(F)F)c(Cl)c2)OC1(C)C. The number of pyridine rings is 1. The fourth-order valence-electron chi connectivity index (χ4n) is 1.77.